The Morgan fingerprint density at radius 3 is 2.58 bits per heavy atom. The molecule has 2 fully saturated rings. The van der Waals surface area contributed by atoms with Crippen molar-refractivity contribution in [2.75, 3.05) is 40.3 Å². The molecule has 0 aromatic heterocycles. The van der Waals surface area contributed by atoms with Crippen molar-refractivity contribution in [3.05, 3.63) is 0 Å². The molecule has 0 radical (unpaired) electrons. The van der Waals surface area contributed by atoms with Crippen molar-refractivity contribution in [1.82, 2.24) is 15.1 Å². The molecule has 1 N–H and O–H groups in total. The fourth-order valence-corrected chi connectivity index (χ4v) is 3.68. The van der Waals surface area contributed by atoms with E-state index >= 15 is 0 Å². The Labute approximate surface area is 119 Å². The Kier molecular flexibility index (Phi) is 6.11. The van der Waals surface area contributed by atoms with Crippen LogP contribution in [-0.4, -0.2) is 62.2 Å². The van der Waals surface area contributed by atoms with Crippen molar-refractivity contribution in [3.8, 4) is 0 Å². The van der Waals surface area contributed by atoms with Gasteiger partial charge in [-0.1, -0.05) is 19.8 Å². The maximum atomic E-state index is 3.78. The highest BCUT2D eigenvalue weighted by atomic mass is 15.2. The lowest BCUT2D eigenvalue weighted by Gasteiger charge is -2.35. The number of piperidine rings is 1. The molecule has 1 saturated heterocycles. The summed E-state index contributed by atoms with van der Waals surface area (Å²) in [5.74, 6) is 0.929. The highest BCUT2D eigenvalue weighted by Gasteiger charge is 2.21. The minimum Gasteiger partial charge on any atom is -0.313 e. The Morgan fingerprint density at radius 1 is 1.16 bits per heavy atom. The van der Waals surface area contributed by atoms with Crippen molar-refractivity contribution in [1.29, 1.82) is 0 Å². The molecule has 1 aliphatic heterocycles. The molecule has 2 unspecified atom stereocenters. The van der Waals surface area contributed by atoms with Crippen LogP contribution >= 0.6 is 0 Å². The summed E-state index contributed by atoms with van der Waals surface area (Å²) in [6.45, 7) is 7.31. The zero-order valence-corrected chi connectivity index (χ0v) is 13.2. The van der Waals surface area contributed by atoms with E-state index in [9.17, 15) is 0 Å². The summed E-state index contributed by atoms with van der Waals surface area (Å²) in [4.78, 5) is 5.03. The quantitative estimate of drug-likeness (QED) is 0.824. The zero-order valence-electron chi connectivity index (χ0n) is 13.2. The van der Waals surface area contributed by atoms with Crippen LogP contribution < -0.4 is 5.32 Å². The standard InChI is InChI=1S/C16H33N3/c1-14-5-4-6-15(13-14)17-9-12-19(3)16-7-10-18(2)11-8-16/h14-17H,4-13H2,1-3H3. The summed E-state index contributed by atoms with van der Waals surface area (Å²) in [6.07, 6.45) is 8.32. The van der Waals surface area contributed by atoms with E-state index in [2.05, 4.69) is 36.1 Å². The fourth-order valence-electron chi connectivity index (χ4n) is 3.68. The van der Waals surface area contributed by atoms with Gasteiger partial charge in [-0.15, -0.1) is 0 Å². The smallest absolute Gasteiger partial charge is 0.0117 e. The molecular formula is C16H33N3. The fraction of sp³-hybridized carbons (Fsp3) is 1.00. The first-order chi connectivity index (χ1) is 9.15. The van der Waals surface area contributed by atoms with Gasteiger partial charge in [-0.05, 0) is 58.8 Å². The van der Waals surface area contributed by atoms with Gasteiger partial charge in [0.25, 0.3) is 0 Å². The van der Waals surface area contributed by atoms with E-state index in [0.29, 0.717) is 0 Å². The van der Waals surface area contributed by atoms with Crippen LogP contribution in [0, 0.1) is 5.92 Å². The maximum Gasteiger partial charge on any atom is 0.0117 e. The molecule has 2 aliphatic rings. The number of hydrogen-bond donors (Lipinski definition) is 1. The van der Waals surface area contributed by atoms with Crippen molar-refractivity contribution < 1.29 is 0 Å². The van der Waals surface area contributed by atoms with Gasteiger partial charge in [0.15, 0.2) is 0 Å². The molecule has 0 amide bonds. The number of likely N-dealkylation sites (N-methyl/N-ethyl adjacent to an activating group) is 1. The second-order valence-corrected chi connectivity index (χ2v) is 6.94. The molecule has 2 atom stereocenters. The first-order valence-electron chi connectivity index (χ1n) is 8.27. The van der Waals surface area contributed by atoms with E-state index in [-0.39, 0.29) is 0 Å². The second-order valence-electron chi connectivity index (χ2n) is 6.94. The average Bonchev–Trinajstić information content (AvgIpc) is 2.39. The molecule has 2 rings (SSSR count). The molecule has 1 saturated carbocycles. The largest absolute Gasteiger partial charge is 0.313 e. The molecule has 0 aromatic carbocycles. The van der Waals surface area contributed by atoms with Crippen LogP contribution in [0.5, 0.6) is 0 Å². The summed E-state index contributed by atoms with van der Waals surface area (Å²) in [6, 6.07) is 1.60. The van der Waals surface area contributed by atoms with Crippen LogP contribution in [0.25, 0.3) is 0 Å². The van der Waals surface area contributed by atoms with E-state index in [0.717, 1.165) is 18.0 Å². The lowest BCUT2D eigenvalue weighted by Crippen LogP contribution is -2.45. The van der Waals surface area contributed by atoms with E-state index in [1.54, 1.807) is 0 Å². The van der Waals surface area contributed by atoms with Gasteiger partial charge < -0.3 is 15.1 Å². The van der Waals surface area contributed by atoms with Gasteiger partial charge in [-0.2, -0.15) is 0 Å². The van der Waals surface area contributed by atoms with E-state index in [1.165, 1.54) is 64.7 Å². The zero-order chi connectivity index (χ0) is 13.7. The Morgan fingerprint density at radius 2 is 1.89 bits per heavy atom. The van der Waals surface area contributed by atoms with Crippen LogP contribution in [0.15, 0.2) is 0 Å². The second kappa shape index (κ2) is 7.61. The molecule has 112 valence electrons. The number of nitrogens with zero attached hydrogens (tertiary/aromatic N) is 2. The third kappa shape index (κ3) is 5.05. The lowest BCUT2D eigenvalue weighted by molar-refractivity contribution is 0.143. The summed E-state index contributed by atoms with van der Waals surface area (Å²) < 4.78 is 0. The Balaban J connectivity index is 1.59. The maximum absolute atomic E-state index is 3.78. The Bertz CT molecular complexity index is 248. The molecule has 19 heavy (non-hydrogen) atoms. The van der Waals surface area contributed by atoms with Crippen LogP contribution in [0.4, 0.5) is 0 Å². The molecule has 1 heterocycles. The molecule has 1 aliphatic carbocycles. The first kappa shape index (κ1) is 15.3. The van der Waals surface area contributed by atoms with Gasteiger partial charge in [0.2, 0.25) is 0 Å². The van der Waals surface area contributed by atoms with Crippen LogP contribution in [0.3, 0.4) is 0 Å². The molecule has 0 bridgehead atoms. The van der Waals surface area contributed by atoms with E-state index in [4.69, 9.17) is 0 Å². The van der Waals surface area contributed by atoms with Gasteiger partial charge in [0.1, 0.15) is 0 Å². The monoisotopic (exact) mass is 267 g/mol. The normalized spacial score (nSPS) is 30.9. The lowest BCUT2D eigenvalue weighted by atomic mass is 9.87. The predicted octanol–water partition coefficient (Wildman–Crippen LogP) is 2.18. The molecular weight excluding hydrogens is 234 g/mol. The minimum absolute atomic E-state index is 0.787. The number of hydrogen-bond acceptors (Lipinski definition) is 3. The number of likely N-dealkylation sites (tertiary alicyclic amines) is 1. The summed E-state index contributed by atoms with van der Waals surface area (Å²) in [5.41, 5.74) is 0. The van der Waals surface area contributed by atoms with Crippen LogP contribution in [0.1, 0.15) is 45.4 Å². The summed E-state index contributed by atoms with van der Waals surface area (Å²) in [7, 11) is 4.54. The van der Waals surface area contributed by atoms with Crippen molar-refractivity contribution >= 4 is 0 Å². The summed E-state index contributed by atoms with van der Waals surface area (Å²) >= 11 is 0. The molecule has 3 nitrogen and oxygen atoms in total. The molecule has 0 spiro atoms. The Hall–Kier alpha value is -0.120. The highest BCUT2D eigenvalue weighted by Crippen LogP contribution is 2.23. The predicted molar refractivity (Wildman–Crippen MR) is 82.6 cm³/mol. The topological polar surface area (TPSA) is 18.5 Å². The third-order valence-corrected chi connectivity index (χ3v) is 5.15. The third-order valence-electron chi connectivity index (χ3n) is 5.15. The van der Waals surface area contributed by atoms with Crippen LogP contribution in [-0.2, 0) is 0 Å². The minimum atomic E-state index is 0.787. The first-order valence-corrected chi connectivity index (χ1v) is 8.27. The number of rotatable bonds is 5. The van der Waals surface area contributed by atoms with Gasteiger partial charge >= 0.3 is 0 Å². The van der Waals surface area contributed by atoms with Gasteiger partial charge in [0, 0.05) is 25.2 Å². The van der Waals surface area contributed by atoms with Crippen molar-refractivity contribution in [3.63, 3.8) is 0 Å². The summed E-state index contributed by atoms with van der Waals surface area (Å²) in [5, 5.41) is 3.78. The van der Waals surface area contributed by atoms with Crippen molar-refractivity contribution in [2.24, 2.45) is 5.92 Å². The van der Waals surface area contributed by atoms with Crippen molar-refractivity contribution in [2.45, 2.75) is 57.5 Å². The number of nitrogens with one attached hydrogen (secondary N) is 1. The van der Waals surface area contributed by atoms with Gasteiger partial charge in [0.05, 0.1) is 0 Å². The van der Waals surface area contributed by atoms with Gasteiger partial charge in [-0.25, -0.2) is 0 Å². The SMILES string of the molecule is CC1CCCC(NCCN(C)C2CCN(C)CC2)C1. The van der Waals surface area contributed by atoms with Crippen LogP contribution in [0.2, 0.25) is 0 Å². The van der Waals surface area contributed by atoms with Gasteiger partial charge in [-0.3, -0.25) is 0 Å². The molecule has 3 heteroatoms. The van der Waals surface area contributed by atoms with E-state index < -0.39 is 0 Å². The molecule has 0 aromatic rings. The van der Waals surface area contributed by atoms with E-state index in [1.807, 2.05) is 0 Å². The highest BCUT2D eigenvalue weighted by molar-refractivity contribution is 4.79. The average molecular weight is 267 g/mol.